The maximum atomic E-state index is 12.6. The maximum absolute atomic E-state index is 12.6. The molecule has 0 saturated carbocycles. The summed E-state index contributed by atoms with van der Waals surface area (Å²) in [5, 5.41) is 10.0. The maximum Gasteiger partial charge on any atom is 0.252 e. The van der Waals surface area contributed by atoms with Crippen molar-refractivity contribution in [3.8, 4) is 6.07 Å². The lowest BCUT2D eigenvalue weighted by molar-refractivity contribution is -0.132. The lowest BCUT2D eigenvalue weighted by Gasteiger charge is -2.23. The van der Waals surface area contributed by atoms with Crippen molar-refractivity contribution >= 4 is 22.8 Å². The number of carbonyl (C=O) groups is 2. The Morgan fingerprint density at radius 2 is 2.14 bits per heavy atom. The van der Waals surface area contributed by atoms with Gasteiger partial charge in [0.25, 0.3) is 5.91 Å². The molecular formula is C21H24N4O3. The highest BCUT2D eigenvalue weighted by Crippen LogP contribution is 2.36. The Morgan fingerprint density at radius 1 is 1.32 bits per heavy atom. The number of furan rings is 1. The molecule has 2 N–H and O–H groups in total. The van der Waals surface area contributed by atoms with Crippen LogP contribution >= 0.6 is 0 Å². The number of nitrogens with zero attached hydrogens (tertiary/aromatic N) is 3. The molecule has 28 heavy (non-hydrogen) atoms. The number of fused-ring (bicyclic) bond motifs is 1. The van der Waals surface area contributed by atoms with E-state index in [9.17, 15) is 14.9 Å². The summed E-state index contributed by atoms with van der Waals surface area (Å²) in [5.74, 6) is 0.290. The summed E-state index contributed by atoms with van der Waals surface area (Å²) < 4.78 is 5.74. The molecule has 2 aliphatic heterocycles. The highest BCUT2D eigenvalue weighted by molar-refractivity contribution is 6.07. The molecule has 1 aromatic carbocycles. The van der Waals surface area contributed by atoms with E-state index in [0.29, 0.717) is 30.0 Å². The molecule has 2 aromatic rings. The molecule has 0 spiro atoms. The normalized spacial score (nSPS) is 22.6. The van der Waals surface area contributed by atoms with Crippen molar-refractivity contribution in [2.24, 2.45) is 5.73 Å². The summed E-state index contributed by atoms with van der Waals surface area (Å²) in [6.45, 7) is 4.30. The molecule has 0 bridgehead atoms. The predicted octanol–water partition coefficient (Wildman–Crippen LogP) is 2.14. The molecule has 146 valence electrons. The van der Waals surface area contributed by atoms with Crippen molar-refractivity contribution in [2.75, 3.05) is 26.2 Å². The number of amides is 2. The number of aryl methyl sites for hydroxylation is 1. The van der Waals surface area contributed by atoms with Crippen molar-refractivity contribution in [1.29, 1.82) is 5.26 Å². The number of benzene rings is 1. The summed E-state index contributed by atoms with van der Waals surface area (Å²) in [6.07, 6.45) is 2.56. The summed E-state index contributed by atoms with van der Waals surface area (Å²) in [6, 6.07) is 7.74. The molecule has 2 fully saturated rings. The number of likely N-dealkylation sites (tertiary alicyclic amines) is 2. The van der Waals surface area contributed by atoms with Crippen LogP contribution in [-0.4, -0.2) is 53.8 Å². The largest absolute Gasteiger partial charge is 0.461 e. The second-order valence-corrected chi connectivity index (χ2v) is 7.71. The van der Waals surface area contributed by atoms with Crippen molar-refractivity contribution < 1.29 is 14.0 Å². The number of carbonyl (C=O) groups excluding carboxylic acids is 2. The molecule has 2 saturated heterocycles. The van der Waals surface area contributed by atoms with Crippen LogP contribution in [0.3, 0.4) is 0 Å². The Balaban J connectivity index is 1.53. The Labute approximate surface area is 163 Å². The molecule has 0 aliphatic carbocycles. The quantitative estimate of drug-likeness (QED) is 0.875. The van der Waals surface area contributed by atoms with Gasteiger partial charge in [0.1, 0.15) is 17.4 Å². The molecule has 1 aromatic heterocycles. The summed E-state index contributed by atoms with van der Waals surface area (Å²) in [4.78, 5) is 28.4. The van der Waals surface area contributed by atoms with Crippen molar-refractivity contribution in [1.82, 2.24) is 9.80 Å². The van der Waals surface area contributed by atoms with Gasteiger partial charge in [-0.05, 0) is 50.3 Å². The molecule has 7 heteroatoms. The van der Waals surface area contributed by atoms with Crippen LogP contribution in [-0.2, 0) is 4.79 Å². The van der Waals surface area contributed by atoms with Gasteiger partial charge in [0.2, 0.25) is 5.91 Å². The van der Waals surface area contributed by atoms with Gasteiger partial charge in [0.05, 0.1) is 18.2 Å². The van der Waals surface area contributed by atoms with Crippen LogP contribution in [0.2, 0.25) is 0 Å². The summed E-state index contributed by atoms with van der Waals surface area (Å²) in [7, 11) is 0. The van der Waals surface area contributed by atoms with E-state index in [1.807, 2.05) is 18.2 Å². The topological polar surface area (TPSA) is 104 Å². The van der Waals surface area contributed by atoms with Gasteiger partial charge in [0.15, 0.2) is 0 Å². The molecule has 3 heterocycles. The van der Waals surface area contributed by atoms with Crippen LogP contribution in [0.25, 0.3) is 11.0 Å². The van der Waals surface area contributed by atoms with Crippen LogP contribution in [0.15, 0.2) is 22.6 Å². The Hall–Kier alpha value is -2.85. The third-order valence-electron chi connectivity index (χ3n) is 5.96. The first-order valence-electron chi connectivity index (χ1n) is 9.73. The molecule has 0 unspecified atom stereocenters. The minimum absolute atomic E-state index is 0.0277. The van der Waals surface area contributed by atoms with Gasteiger partial charge in [-0.25, -0.2) is 0 Å². The highest BCUT2D eigenvalue weighted by atomic mass is 16.3. The van der Waals surface area contributed by atoms with E-state index in [1.165, 1.54) is 0 Å². The van der Waals surface area contributed by atoms with E-state index in [2.05, 4.69) is 11.0 Å². The van der Waals surface area contributed by atoms with Gasteiger partial charge < -0.3 is 15.1 Å². The lowest BCUT2D eigenvalue weighted by Crippen LogP contribution is -2.41. The smallest absolute Gasteiger partial charge is 0.252 e. The monoisotopic (exact) mass is 380 g/mol. The zero-order chi connectivity index (χ0) is 19.8. The standard InChI is InChI=1S/C21H24N4O3/c1-13-19(21(23)27)20-16(5-2-6-17(20)28-13)14-7-9-24(11-14)12-18(26)25-8-3-4-15(25)10-22/h2,5-6,14-15H,3-4,7-9,11-12H2,1H3,(H2,23,27)/t14-,15+/m1/s1. The summed E-state index contributed by atoms with van der Waals surface area (Å²) in [5.41, 5.74) is 7.77. The van der Waals surface area contributed by atoms with Crippen LogP contribution in [0.1, 0.15) is 46.9 Å². The summed E-state index contributed by atoms with van der Waals surface area (Å²) >= 11 is 0. The molecular weight excluding hydrogens is 356 g/mol. The van der Waals surface area contributed by atoms with Crippen molar-refractivity contribution in [3.63, 3.8) is 0 Å². The van der Waals surface area contributed by atoms with E-state index in [0.717, 1.165) is 43.3 Å². The van der Waals surface area contributed by atoms with Gasteiger partial charge in [-0.3, -0.25) is 14.5 Å². The minimum Gasteiger partial charge on any atom is -0.461 e. The number of hydrogen-bond donors (Lipinski definition) is 1. The first-order chi connectivity index (χ1) is 13.5. The van der Waals surface area contributed by atoms with Crippen molar-refractivity contribution in [2.45, 2.75) is 38.1 Å². The molecule has 0 radical (unpaired) electrons. The zero-order valence-electron chi connectivity index (χ0n) is 16.0. The van der Waals surface area contributed by atoms with Crippen LogP contribution < -0.4 is 5.73 Å². The Morgan fingerprint density at radius 3 is 2.89 bits per heavy atom. The SMILES string of the molecule is Cc1oc2cccc([C@@H]3CCN(CC(=O)N4CCC[C@H]4C#N)C3)c2c1C(N)=O. The first-order valence-corrected chi connectivity index (χ1v) is 9.73. The third kappa shape index (κ3) is 3.14. The van der Waals surface area contributed by atoms with Crippen LogP contribution in [0, 0.1) is 18.3 Å². The predicted molar refractivity (Wildman–Crippen MR) is 104 cm³/mol. The van der Waals surface area contributed by atoms with Crippen LogP contribution in [0.4, 0.5) is 0 Å². The van der Waals surface area contributed by atoms with E-state index < -0.39 is 5.91 Å². The van der Waals surface area contributed by atoms with E-state index >= 15 is 0 Å². The average molecular weight is 380 g/mol. The molecule has 2 amide bonds. The first kappa shape index (κ1) is 18.5. The fourth-order valence-corrected chi connectivity index (χ4v) is 4.64. The Kier molecular flexibility index (Phi) is 4.82. The van der Waals surface area contributed by atoms with Gasteiger partial charge in [-0.2, -0.15) is 5.26 Å². The fourth-order valence-electron chi connectivity index (χ4n) is 4.64. The van der Waals surface area contributed by atoms with Gasteiger partial charge >= 0.3 is 0 Å². The van der Waals surface area contributed by atoms with E-state index in [1.54, 1.807) is 11.8 Å². The lowest BCUT2D eigenvalue weighted by atomic mass is 9.93. The number of hydrogen-bond acceptors (Lipinski definition) is 5. The van der Waals surface area contributed by atoms with E-state index in [-0.39, 0.29) is 17.9 Å². The second-order valence-electron chi connectivity index (χ2n) is 7.71. The number of rotatable bonds is 4. The number of nitriles is 1. The van der Waals surface area contributed by atoms with Gasteiger partial charge in [0, 0.05) is 18.5 Å². The zero-order valence-corrected chi connectivity index (χ0v) is 16.0. The molecule has 2 aliphatic rings. The molecule has 2 atom stereocenters. The van der Waals surface area contributed by atoms with E-state index in [4.69, 9.17) is 10.2 Å². The third-order valence-corrected chi connectivity index (χ3v) is 5.96. The number of primary amides is 1. The fraction of sp³-hybridized carbons (Fsp3) is 0.476. The van der Waals surface area contributed by atoms with Crippen LogP contribution in [0.5, 0.6) is 0 Å². The minimum atomic E-state index is -0.481. The van der Waals surface area contributed by atoms with Gasteiger partial charge in [-0.1, -0.05) is 12.1 Å². The van der Waals surface area contributed by atoms with Crippen molar-refractivity contribution in [3.05, 3.63) is 35.1 Å². The van der Waals surface area contributed by atoms with Gasteiger partial charge in [-0.15, -0.1) is 0 Å². The number of nitrogens with two attached hydrogens (primary N) is 1. The molecule has 7 nitrogen and oxygen atoms in total. The molecule has 4 rings (SSSR count). The highest BCUT2D eigenvalue weighted by Gasteiger charge is 2.33. The second kappa shape index (κ2) is 7.28. The average Bonchev–Trinajstić information content (AvgIpc) is 3.38. The Bertz CT molecular complexity index is 974.